The van der Waals surface area contributed by atoms with Crippen molar-refractivity contribution in [2.24, 2.45) is 0 Å². The molecule has 0 saturated heterocycles. The number of rotatable bonds is 1. The highest BCUT2D eigenvalue weighted by Crippen LogP contribution is 2.09. The van der Waals surface area contributed by atoms with Crippen LogP contribution in [0.2, 0.25) is 0 Å². The smallest absolute Gasteiger partial charge is 0.222 e. The van der Waals surface area contributed by atoms with E-state index in [1.807, 2.05) is 0 Å². The van der Waals surface area contributed by atoms with Crippen molar-refractivity contribution in [3.8, 4) is 5.82 Å². The summed E-state index contributed by atoms with van der Waals surface area (Å²) in [5.74, 6) is -0.470. The molecule has 0 saturated carbocycles. The zero-order valence-electron chi connectivity index (χ0n) is 7.48. The minimum atomic E-state index is -0.553. The van der Waals surface area contributed by atoms with Crippen molar-refractivity contribution in [2.75, 3.05) is 5.73 Å². The van der Waals surface area contributed by atoms with Gasteiger partial charge in [0.15, 0.2) is 11.6 Å². The molecular weight excluding hydrogens is 185 g/mol. The molecule has 6 heteroatoms. The Morgan fingerprint density at radius 3 is 2.93 bits per heavy atom. The van der Waals surface area contributed by atoms with Gasteiger partial charge in [-0.2, -0.15) is 10.1 Å². The van der Waals surface area contributed by atoms with Gasteiger partial charge in [-0.25, -0.2) is 14.1 Å². The lowest BCUT2D eigenvalue weighted by molar-refractivity contribution is 0.593. The van der Waals surface area contributed by atoms with E-state index in [1.165, 1.54) is 4.68 Å². The van der Waals surface area contributed by atoms with Gasteiger partial charge in [0.05, 0.1) is 11.9 Å². The average molecular weight is 193 g/mol. The van der Waals surface area contributed by atoms with Crippen LogP contribution in [0.4, 0.5) is 10.3 Å². The van der Waals surface area contributed by atoms with E-state index in [2.05, 4.69) is 15.1 Å². The van der Waals surface area contributed by atoms with Crippen LogP contribution in [-0.2, 0) is 0 Å². The molecule has 2 aromatic rings. The molecule has 2 N–H and O–H groups in total. The normalized spacial score (nSPS) is 10.4. The van der Waals surface area contributed by atoms with Crippen LogP contribution in [0.5, 0.6) is 0 Å². The minimum absolute atomic E-state index is 0.0227. The molecule has 0 spiro atoms. The molecule has 0 bridgehead atoms. The zero-order chi connectivity index (χ0) is 10.1. The van der Waals surface area contributed by atoms with Crippen LogP contribution in [0, 0.1) is 12.7 Å². The lowest BCUT2D eigenvalue weighted by atomic mass is 10.5. The van der Waals surface area contributed by atoms with Gasteiger partial charge < -0.3 is 5.73 Å². The second kappa shape index (κ2) is 3.06. The monoisotopic (exact) mass is 193 g/mol. The summed E-state index contributed by atoms with van der Waals surface area (Å²) in [6, 6.07) is 1.75. The van der Waals surface area contributed by atoms with Crippen LogP contribution in [-0.4, -0.2) is 19.7 Å². The Morgan fingerprint density at radius 1 is 1.50 bits per heavy atom. The first-order valence-corrected chi connectivity index (χ1v) is 3.97. The fourth-order valence-electron chi connectivity index (χ4n) is 1.07. The molecular formula is C8H8FN5. The number of nitrogen functional groups attached to an aromatic ring is 1. The summed E-state index contributed by atoms with van der Waals surface area (Å²) in [6.07, 6.45) is 2.63. The number of anilines is 1. The predicted molar refractivity (Wildman–Crippen MR) is 48.3 cm³/mol. The molecule has 0 radical (unpaired) electrons. The topological polar surface area (TPSA) is 69.6 Å². The largest absolute Gasteiger partial charge is 0.368 e. The fraction of sp³-hybridized carbons (Fsp3) is 0.125. The summed E-state index contributed by atoms with van der Waals surface area (Å²) in [7, 11) is 0. The Kier molecular flexibility index (Phi) is 1.88. The van der Waals surface area contributed by atoms with E-state index in [0.717, 1.165) is 11.9 Å². The summed E-state index contributed by atoms with van der Waals surface area (Å²) >= 11 is 0. The van der Waals surface area contributed by atoms with E-state index in [0.29, 0.717) is 0 Å². The van der Waals surface area contributed by atoms with E-state index in [1.54, 1.807) is 19.2 Å². The molecule has 0 aromatic carbocycles. The highest BCUT2D eigenvalue weighted by atomic mass is 19.1. The van der Waals surface area contributed by atoms with E-state index < -0.39 is 5.82 Å². The van der Waals surface area contributed by atoms with Crippen LogP contribution in [0.1, 0.15) is 5.69 Å². The van der Waals surface area contributed by atoms with Crippen LogP contribution >= 0.6 is 0 Å². The second-order valence-corrected chi connectivity index (χ2v) is 2.80. The van der Waals surface area contributed by atoms with Crippen molar-refractivity contribution in [1.29, 1.82) is 0 Å². The molecule has 2 rings (SSSR count). The maximum atomic E-state index is 13.2. The van der Waals surface area contributed by atoms with Gasteiger partial charge in [-0.15, -0.1) is 0 Å². The van der Waals surface area contributed by atoms with E-state index in [-0.39, 0.29) is 11.8 Å². The van der Waals surface area contributed by atoms with Gasteiger partial charge in [-0.3, -0.25) is 0 Å². The average Bonchev–Trinajstić information content (AvgIpc) is 2.56. The first kappa shape index (κ1) is 8.61. The van der Waals surface area contributed by atoms with Crippen molar-refractivity contribution >= 4 is 5.95 Å². The van der Waals surface area contributed by atoms with Crippen molar-refractivity contribution in [1.82, 2.24) is 19.7 Å². The van der Waals surface area contributed by atoms with Crippen molar-refractivity contribution in [3.05, 3.63) is 30.0 Å². The number of nitrogens with two attached hydrogens (primary N) is 1. The molecule has 14 heavy (non-hydrogen) atoms. The first-order valence-electron chi connectivity index (χ1n) is 3.97. The molecule has 2 heterocycles. The Morgan fingerprint density at radius 2 is 2.29 bits per heavy atom. The molecule has 0 unspecified atom stereocenters. The quantitative estimate of drug-likeness (QED) is 0.723. The standard InChI is InChI=1S/C8H8FN5/c1-5-2-3-14(13-5)7-6(9)4-11-8(10)12-7/h2-4H,1H3,(H2,10,11,12). The predicted octanol–water partition coefficient (Wildman–Crippen LogP) is 0.692. The highest BCUT2D eigenvalue weighted by Gasteiger charge is 2.08. The molecule has 0 aliphatic heterocycles. The van der Waals surface area contributed by atoms with Crippen LogP contribution in [0.25, 0.3) is 5.82 Å². The molecule has 0 amide bonds. The third kappa shape index (κ3) is 1.41. The summed E-state index contributed by atoms with van der Waals surface area (Å²) in [5, 5.41) is 4.01. The van der Waals surface area contributed by atoms with Crippen LogP contribution < -0.4 is 5.73 Å². The van der Waals surface area contributed by atoms with E-state index >= 15 is 0 Å². The van der Waals surface area contributed by atoms with Gasteiger partial charge in [-0.1, -0.05) is 0 Å². The SMILES string of the molecule is Cc1ccn(-c2nc(N)ncc2F)n1. The number of hydrogen-bond donors (Lipinski definition) is 1. The third-order valence-electron chi connectivity index (χ3n) is 1.68. The minimum Gasteiger partial charge on any atom is -0.368 e. The van der Waals surface area contributed by atoms with E-state index in [4.69, 9.17) is 5.73 Å². The number of aryl methyl sites for hydroxylation is 1. The second-order valence-electron chi connectivity index (χ2n) is 2.80. The molecule has 0 atom stereocenters. The van der Waals surface area contributed by atoms with Gasteiger partial charge in [0.25, 0.3) is 0 Å². The fourth-order valence-corrected chi connectivity index (χ4v) is 1.07. The summed E-state index contributed by atoms with van der Waals surface area (Å²) < 4.78 is 14.5. The molecule has 72 valence electrons. The number of nitrogens with zero attached hydrogens (tertiary/aromatic N) is 4. The Bertz CT molecular complexity index is 465. The molecule has 0 aliphatic rings. The van der Waals surface area contributed by atoms with E-state index in [9.17, 15) is 4.39 Å². The number of halogens is 1. The van der Waals surface area contributed by atoms with Crippen molar-refractivity contribution in [2.45, 2.75) is 6.92 Å². The Labute approximate surface area is 79.4 Å². The van der Waals surface area contributed by atoms with Crippen molar-refractivity contribution in [3.63, 3.8) is 0 Å². The summed E-state index contributed by atoms with van der Waals surface area (Å²) in [4.78, 5) is 7.27. The lowest BCUT2D eigenvalue weighted by Crippen LogP contribution is -2.06. The van der Waals surface area contributed by atoms with Gasteiger partial charge >= 0.3 is 0 Å². The first-order chi connectivity index (χ1) is 6.66. The van der Waals surface area contributed by atoms with Gasteiger partial charge in [0.2, 0.25) is 5.95 Å². The van der Waals surface area contributed by atoms with Crippen molar-refractivity contribution < 1.29 is 4.39 Å². The zero-order valence-corrected chi connectivity index (χ0v) is 7.48. The van der Waals surface area contributed by atoms with Crippen LogP contribution in [0.15, 0.2) is 18.5 Å². The summed E-state index contributed by atoms with van der Waals surface area (Å²) in [6.45, 7) is 1.80. The maximum Gasteiger partial charge on any atom is 0.222 e. The number of hydrogen-bond acceptors (Lipinski definition) is 4. The van der Waals surface area contributed by atoms with Crippen LogP contribution in [0.3, 0.4) is 0 Å². The molecule has 0 aliphatic carbocycles. The third-order valence-corrected chi connectivity index (χ3v) is 1.68. The Balaban J connectivity index is 2.55. The molecule has 0 fully saturated rings. The highest BCUT2D eigenvalue weighted by molar-refractivity contribution is 5.28. The molecule has 2 aromatic heterocycles. The van der Waals surface area contributed by atoms with Gasteiger partial charge in [0.1, 0.15) is 0 Å². The van der Waals surface area contributed by atoms with Gasteiger partial charge in [-0.05, 0) is 13.0 Å². The lowest BCUT2D eigenvalue weighted by Gasteiger charge is -2.01. The number of aromatic nitrogens is 4. The molecule has 5 nitrogen and oxygen atoms in total. The van der Waals surface area contributed by atoms with Gasteiger partial charge in [0, 0.05) is 6.20 Å². The summed E-state index contributed by atoms with van der Waals surface area (Å²) in [5.41, 5.74) is 6.12. The Hall–Kier alpha value is -1.98. The maximum absolute atomic E-state index is 13.2.